The summed E-state index contributed by atoms with van der Waals surface area (Å²) in [5.41, 5.74) is 0.736. The first-order chi connectivity index (χ1) is 5.83. The molecule has 0 aromatic carbocycles. The Morgan fingerprint density at radius 3 is 2.33 bits per heavy atom. The van der Waals surface area contributed by atoms with Crippen LogP contribution in [0.1, 0.15) is 0 Å². The van der Waals surface area contributed by atoms with Crippen LogP contribution in [0.15, 0.2) is 46.3 Å². The Morgan fingerprint density at radius 1 is 1.08 bits per heavy atom. The number of nitrogens with zero attached hydrogens (tertiary/aromatic N) is 2. The average Bonchev–Trinajstić information content (AvgIpc) is 2.09. The van der Waals surface area contributed by atoms with E-state index in [1.807, 2.05) is 0 Å². The van der Waals surface area contributed by atoms with Crippen molar-refractivity contribution in [2.45, 2.75) is 0 Å². The normalized spacial score (nSPS) is 15.7. The smallest absolute Gasteiger partial charge is 0.252 e. The highest BCUT2D eigenvalue weighted by molar-refractivity contribution is 6.01. The van der Waals surface area contributed by atoms with E-state index in [2.05, 4.69) is 10.2 Å². The van der Waals surface area contributed by atoms with E-state index in [1.54, 1.807) is 12.2 Å². The van der Waals surface area contributed by atoms with E-state index in [0.717, 1.165) is 5.57 Å². The summed E-state index contributed by atoms with van der Waals surface area (Å²) >= 11 is 0. The first-order valence-electron chi connectivity index (χ1n) is 3.27. The van der Waals surface area contributed by atoms with Gasteiger partial charge in [-0.25, -0.2) is 0 Å². The van der Waals surface area contributed by atoms with Gasteiger partial charge in [0.15, 0.2) is 5.78 Å². The third-order valence-corrected chi connectivity index (χ3v) is 1.20. The van der Waals surface area contributed by atoms with Gasteiger partial charge in [0.05, 0.1) is 6.20 Å². The second kappa shape index (κ2) is 4.12. The highest BCUT2D eigenvalue weighted by atomic mass is 16.1. The van der Waals surface area contributed by atoms with Gasteiger partial charge in [-0.15, -0.1) is 5.11 Å². The Morgan fingerprint density at radius 2 is 1.75 bits per heavy atom. The molecule has 0 atom stereocenters. The molecule has 1 aliphatic carbocycles. The maximum absolute atomic E-state index is 10.6. The molecular weight excluding hydrogens is 156 g/mol. The molecule has 0 aliphatic heterocycles. The molecule has 12 heavy (non-hydrogen) atoms. The lowest BCUT2D eigenvalue weighted by Crippen LogP contribution is -1.90. The van der Waals surface area contributed by atoms with Gasteiger partial charge in [-0.3, -0.25) is 9.59 Å². The van der Waals surface area contributed by atoms with E-state index in [1.165, 1.54) is 18.4 Å². The van der Waals surface area contributed by atoms with Gasteiger partial charge >= 0.3 is 0 Å². The predicted molar refractivity (Wildman–Crippen MR) is 42.3 cm³/mol. The van der Waals surface area contributed by atoms with Crippen LogP contribution in [0, 0.1) is 0 Å². The zero-order valence-corrected chi connectivity index (χ0v) is 6.18. The van der Waals surface area contributed by atoms with E-state index in [0.29, 0.717) is 6.41 Å². The van der Waals surface area contributed by atoms with Crippen molar-refractivity contribution < 1.29 is 9.59 Å². The molecule has 0 saturated carbocycles. The summed E-state index contributed by atoms with van der Waals surface area (Å²) in [6.45, 7) is 0. The topological polar surface area (TPSA) is 58.9 Å². The van der Waals surface area contributed by atoms with Crippen LogP contribution in [-0.2, 0) is 9.59 Å². The lowest BCUT2D eigenvalue weighted by atomic mass is 10.1. The second-order valence-electron chi connectivity index (χ2n) is 2.03. The monoisotopic (exact) mass is 162 g/mol. The molecule has 0 bridgehead atoms. The van der Waals surface area contributed by atoms with E-state index in [9.17, 15) is 9.59 Å². The van der Waals surface area contributed by atoms with Crippen LogP contribution in [0.2, 0.25) is 0 Å². The quantitative estimate of drug-likeness (QED) is 0.452. The van der Waals surface area contributed by atoms with Crippen LogP contribution < -0.4 is 0 Å². The fraction of sp³-hybridized carbons (Fsp3) is 0. The molecule has 0 radical (unpaired) electrons. The third-order valence-electron chi connectivity index (χ3n) is 1.20. The van der Waals surface area contributed by atoms with Gasteiger partial charge in [-0.2, -0.15) is 5.11 Å². The van der Waals surface area contributed by atoms with Crippen molar-refractivity contribution in [1.29, 1.82) is 0 Å². The molecule has 0 unspecified atom stereocenters. The van der Waals surface area contributed by atoms with Gasteiger partial charge in [0.1, 0.15) is 0 Å². The number of azo groups is 1. The first kappa shape index (κ1) is 8.26. The number of hydrogen-bond acceptors (Lipinski definition) is 3. The van der Waals surface area contributed by atoms with Crippen LogP contribution in [0.4, 0.5) is 0 Å². The van der Waals surface area contributed by atoms with Crippen LogP contribution in [0.3, 0.4) is 0 Å². The largest absolute Gasteiger partial charge is 0.290 e. The fourth-order valence-corrected chi connectivity index (χ4v) is 0.681. The first-order valence-corrected chi connectivity index (χ1v) is 3.27. The molecule has 0 saturated heterocycles. The minimum absolute atomic E-state index is 0.0560. The molecule has 0 fully saturated rings. The molecule has 0 spiro atoms. The fourth-order valence-electron chi connectivity index (χ4n) is 0.681. The Labute approximate surface area is 69.0 Å². The maximum Gasteiger partial charge on any atom is 0.252 e. The van der Waals surface area contributed by atoms with Gasteiger partial charge in [0.25, 0.3) is 6.41 Å². The standard InChI is InChI=1S/C8H6N2O2/c11-6-10-9-5-7-1-3-8(12)4-2-7/h1-6H/b10-9+. The molecule has 0 heterocycles. The van der Waals surface area contributed by atoms with Crippen LogP contribution in [-0.4, -0.2) is 12.2 Å². The summed E-state index contributed by atoms with van der Waals surface area (Å²) in [6, 6.07) is 0. The van der Waals surface area contributed by atoms with Crippen LogP contribution in [0.5, 0.6) is 0 Å². The van der Waals surface area contributed by atoms with Gasteiger partial charge in [-0.05, 0) is 29.9 Å². The molecule has 4 nitrogen and oxygen atoms in total. The molecule has 1 rings (SSSR count). The second-order valence-corrected chi connectivity index (χ2v) is 2.03. The number of allylic oxidation sites excluding steroid dienone is 5. The summed E-state index contributed by atoms with van der Waals surface area (Å²) in [6.07, 6.45) is 7.79. The highest BCUT2D eigenvalue weighted by Gasteiger charge is 1.96. The summed E-state index contributed by atoms with van der Waals surface area (Å²) < 4.78 is 0. The number of carbonyl (C=O) groups excluding carboxylic acids is 2. The average molecular weight is 162 g/mol. The highest BCUT2D eigenvalue weighted by Crippen LogP contribution is 2.05. The zero-order chi connectivity index (χ0) is 8.81. The number of amides is 1. The summed E-state index contributed by atoms with van der Waals surface area (Å²) in [5, 5.41) is 6.52. The number of rotatable bonds is 2. The van der Waals surface area contributed by atoms with Crippen molar-refractivity contribution in [1.82, 2.24) is 0 Å². The SMILES string of the molecule is O=C/N=N/C=C1C=CC(=O)C=C1. The van der Waals surface area contributed by atoms with Gasteiger partial charge in [-0.1, -0.05) is 0 Å². The van der Waals surface area contributed by atoms with Crippen molar-refractivity contribution in [3.63, 3.8) is 0 Å². The maximum atomic E-state index is 10.6. The van der Waals surface area contributed by atoms with Crippen molar-refractivity contribution in [2.75, 3.05) is 0 Å². The minimum atomic E-state index is -0.0560. The predicted octanol–water partition coefficient (Wildman–Crippen LogP) is 1.17. The molecule has 60 valence electrons. The summed E-state index contributed by atoms with van der Waals surface area (Å²) in [5.74, 6) is -0.0560. The Hall–Kier alpha value is -1.84. The number of carbonyl (C=O) groups is 2. The van der Waals surface area contributed by atoms with Crippen molar-refractivity contribution >= 4 is 12.2 Å². The lowest BCUT2D eigenvalue weighted by molar-refractivity contribution is -0.110. The van der Waals surface area contributed by atoms with E-state index in [4.69, 9.17) is 0 Å². The molecule has 1 amide bonds. The number of ketones is 1. The van der Waals surface area contributed by atoms with E-state index >= 15 is 0 Å². The van der Waals surface area contributed by atoms with Gasteiger partial charge in [0, 0.05) is 0 Å². The molecule has 4 heteroatoms. The molecular formula is C8H6N2O2. The summed E-state index contributed by atoms with van der Waals surface area (Å²) in [4.78, 5) is 20.3. The van der Waals surface area contributed by atoms with Crippen molar-refractivity contribution in [2.24, 2.45) is 10.2 Å². The molecule has 1 aliphatic rings. The minimum Gasteiger partial charge on any atom is -0.290 e. The lowest BCUT2D eigenvalue weighted by Gasteiger charge is -1.94. The van der Waals surface area contributed by atoms with Crippen LogP contribution >= 0.6 is 0 Å². The van der Waals surface area contributed by atoms with E-state index < -0.39 is 0 Å². The molecule has 0 N–H and O–H groups in total. The van der Waals surface area contributed by atoms with Gasteiger partial charge in [0.2, 0.25) is 0 Å². The Bertz CT molecular complexity index is 293. The Balaban J connectivity index is 2.66. The number of hydrogen-bond donors (Lipinski definition) is 0. The third kappa shape index (κ3) is 2.42. The van der Waals surface area contributed by atoms with Crippen molar-refractivity contribution in [3.8, 4) is 0 Å². The molecule has 0 aromatic heterocycles. The van der Waals surface area contributed by atoms with Crippen molar-refractivity contribution in [3.05, 3.63) is 36.1 Å². The summed E-state index contributed by atoms with van der Waals surface area (Å²) in [7, 11) is 0. The van der Waals surface area contributed by atoms with Crippen LogP contribution in [0.25, 0.3) is 0 Å². The van der Waals surface area contributed by atoms with Gasteiger partial charge < -0.3 is 0 Å². The molecule has 0 aromatic rings. The van der Waals surface area contributed by atoms with E-state index in [-0.39, 0.29) is 5.78 Å². The Kier molecular flexibility index (Phi) is 2.84. The zero-order valence-electron chi connectivity index (χ0n) is 6.18.